The Bertz CT molecular complexity index is 1950. The fourth-order valence-electron chi connectivity index (χ4n) is 4.95. The Hall–Kier alpha value is -5.48. The number of rotatable bonds is 5. The summed E-state index contributed by atoms with van der Waals surface area (Å²) in [6.07, 6.45) is 1.92. The molecule has 0 aliphatic carbocycles. The van der Waals surface area contributed by atoms with Crippen molar-refractivity contribution in [2.75, 3.05) is 0 Å². The van der Waals surface area contributed by atoms with Crippen molar-refractivity contribution in [1.29, 1.82) is 0 Å². The van der Waals surface area contributed by atoms with Gasteiger partial charge < -0.3 is 0 Å². The Morgan fingerprint density at radius 3 is 1.68 bits per heavy atom. The fourth-order valence-corrected chi connectivity index (χ4v) is 4.95. The minimum absolute atomic E-state index is 0.620. The molecular weight excluding hydrogens is 488 g/mol. The second kappa shape index (κ2) is 10.4. The van der Waals surface area contributed by atoms with Gasteiger partial charge in [0.05, 0.1) is 5.69 Å². The highest BCUT2D eigenvalue weighted by atomic mass is 15.0. The van der Waals surface area contributed by atoms with E-state index in [1.54, 1.807) is 0 Å². The number of benzene rings is 5. The number of pyridine rings is 1. The second-order valence-electron chi connectivity index (χ2n) is 9.58. The zero-order chi connectivity index (χ0) is 26.7. The molecular formula is C36H24N4. The highest BCUT2D eigenvalue weighted by Gasteiger charge is 2.16. The van der Waals surface area contributed by atoms with Gasteiger partial charge in [-0.3, -0.25) is 4.98 Å². The first kappa shape index (κ1) is 23.6. The van der Waals surface area contributed by atoms with Crippen LogP contribution in [0.2, 0.25) is 0 Å². The van der Waals surface area contributed by atoms with Crippen LogP contribution < -0.4 is 0 Å². The summed E-state index contributed by atoms with van der Waals surface area (Å²) in [6, 6.07) is 47.3. The van der Waals surface area contributed by atoms with E-state index in [1.165, 1.54) is 0 Å². The zero-order valence-corrected chi connectivity index (χ0v) is 21.6. The average molecular weight is 513 g/mol. The summed E-state index contributed by atoms with van der Waals surface area (Å²) in [5.41, 5.74) is 6.92. The molecule has 0 unspecified atom stereocenters. The lowest BCUT2D eigenvalue weighted by Gasteiger charge is -2.12. The quantitative estimate of drug-likeness (QED) is 0.231. The van der Waals surface area contributed by atoms with Crippen LogP contribution in [0.3, 0.4) is 0 Å². The third-order valence-corrected chi connectivity index (χ3v) is 6.97. The Labute approximate surface area is 232 Å². The molecule has 0 bridgehead atoms. The molecule has 0 spiro atoms. The van der Waals surface area contributed by atoms with E-state index in [4.69, 9.17) is 19.9 Å². The highest BCUT2D eigenvalue weighted by Crippen LogP contribution is 2.33. The minimum Gasteiger partial charge on any atom is -0.256 e. The number of nitrogens with zero attached hydrogens (tertiary/aromatic N) is 4. The van der Waals surface area contributed by atoms with Crippen LogP contribution >= 0.6 is 0 Å². The first-order valence-electron chi connectivity index (χ1n) is 13.2. The summed E-state index contributed by atoms with van der Waals surface area (Å²) in [6.45, 7) is 0. The van der Waals surface area contributed by atoms with Crippen LogP contribution in [-0.4, -0.2) is 19.9 Å². The van der Waals surface area contributed by atoms with Crippen LogP contribution in [0.1, 0.15) is 0 Å². The molecule has 0 aliphatic rings. The van der Waals surface area contributed by atoms with Gasteiger partial charge in [0.1, 0.15) is 0 Å². The molecule has 0 amide bonds. The molecule has 40 heavy (non-hydrogen) atoms. The molecule has 7 rings (SSSR count). The van der Waals surface area contributed by atoms with E-state index >= 15 is 0 Å². The van der Waals surface area contributed by atoms with Crippen molar-refractivity contribution in [1.82, 2.24) is 19.9 Å². The SMILES string of the molecule is c1ccc(-c2nc(-c3cccc(-c4cc5ccccc5cn4)c3)nc(-c3ccccc3-c3ccccc3)n2)cc1. The first-order valence-corrected chi connectivity index (χ1v) is 13.2. The number of hydrogen-bond acceptors (Lipinski definition) is 4. The Morgan fingerprint density at radius 2 is 0.900 bits per heavy atom. The maximum absolute atomic E-state index is 5.03. The van der Waals surface area contributed by atoms with Crippen molar-refractivity contribution in [3.05, 3.63) is 146 Å². The summed E-state index contributed by atoms with van der Waals surface area (Å²) in [7, 11) is 0. The van der Waals surface area contributed by atoms with Crippen LogP contribution in [0.15, 0.2) is 146 Å². The molecule has 2 heterocycles. The predicted octanol–water partition coefficient (Wildman–Crippen LogP) is 8.75. The Kier molecular flexibility index (Phi) is 6.11. The fraction of sp³-hybridized carbons (Fsp3) is 0. The van der Waals surface area contributed by atoms with Crippen LogP contribution in [0.25, 0.3) is 67.3 Å². The van der Waals surface area contributed by atoms with E-state index in [0.29, 0.717) is 17.5 Å². The lowest BCUT2D eigenvalue weighted by Crippen LogP contribution is -2.01. The van der Waals surface area contributed by atoms with Crippen molar-refractivity contribution >= 4 is 10.8 Å². The normalized spacial score (nSPS) is 11.0. The molecule has 188 valence electrons. The van der Waals surface area contributed by atoms with E-state index in [9.17, 15) is 0 Å². The lowest BCUT2D eigenvalue weighted by molar-refractivity contribution is 1.07. The van der Waals surface area contributed by atoms with E-state index in [1.807, 2.05) is 91.1 Å². The van der Waals surface area contributed by atoms with Gasteiger partial charge >= 0.3 is 0 Å². The molecule has 0 saturated carbocycles. The Balaban J connectivity index is 1.39. The molecule has 0 saturated heterocycles. The highest BCUT2D eigenvalue weighted by molar-refractivity contribution is 5.86. The Morgan fingerprint density at radius 1 is 0.350 bits per heavy atom. The molecule has 0 N–H and O–H groups in total. The monoisotopic (exact) mass is 512 g/mol. The summed E-state index contributed by atoms with van der Waals surface area (Å²) in [5.74, 6) is 1.89. The van der Waals surface area contributed by atoms with E-state index in [2.05, 4.69) is 54.6 Å². The van der Waals surface area contributed by atoms with Gasteiger partial charge in [0.25, 0.3) is 0 Å². The molecule has 5 aromatic carbocycles. The van der Waals surface area contributed by atoms with Crippen LogP contribution in [-0.2, 0) is 0 Å². The summed E-state index contributed by atoms with van der Waals surface area (Å²) < 4.78 is 0. The molecule has 0 radical (unpaired) electrons. The van der Waals surface area contributed by atoms with Crippen LogP contribution in [0.4, 0.5) is 0 Å². The van der Waals surface area contributed by atoms with Gasteiger partial charge in [-0.2, -0.15) is 0 Å². The summed E-state index contributed by atoms with van der Waals surface area (Å²) in [4.78, 5) is 19.7. The van der Waals surface area contributed by atoms with Gasteiger partial charge in [-0.25, -0.2) is 15.0 Å². The number of aromatic nitrogens is 4. The molecule has 2 aromatic heterocycles. The smallest absolute Gasteiger partial charge is 0.164 e. The topological polar surface area (TPSA) is 51.6 Å². The van der Waals surface area contributed by atoms with Gasteiger partial charge in [0.15, 0.2) is 17.5 Å². The molecule has 7 aromatic rings. The standard InChI is InChI=1S/C36H24N4/c1-3-12-25(13-4-1)31-20-9-10-21-32(31)36-39-34(26-14-5-2-6-15-26)38-35(40-36)29-19-11-18-28(22-29)33-23-27-16-7-8-17-30(27)24-37-33/h1-24H. The van der Waals surface area contributed by atoms with Crippen molar-refractivity contribution in [2.45, 2.75) is 0 Å². The van der Waals surface area contributed by atoms with E-state index in [-0.39, 0.29) is 0 Å². The third-order valence-electron chi connectivity index (χ3n) is 6.97. The predicted molar refractivity (Wildman–Crippen MR) is 162 cm³/mol. The third kappa shape index (κ3) is 4.63. The van der Waals surface area contributed by atoms with Crippen molar-refractivity contribution in [3.8, 4) is 56.5 Å². The van der Waals surface area contributed by atoms with Crippen LogP contribution in [0.5, 0.6) is 0 Å². The number of hydrogen-bond donors (Lipinski definition) is 0. The maximum atomic E-state index is 5.03. The van der Waals surface area contributed by atoms with Gasteiger partial charge in [-0.05, 0) is 28.6 Å². The molecule has 4 nitrogen and oxygen atoms in total. The van der Waals surface area contributed by atoms with Gasteiger partial charge in [0, 0.05) is 33.8 Å². The maximum Gasteiger partial charge on any atom is 0.164 e. The van der Waals surface area contributed by atoms with Crippen LogP contribution in [0, 0.1) is 0 Å². The van der Waals surface area contributed by atoms with Gasteiger partial charge in [-0.15, -0.1) is 0 Å². The lowest BCUT2D eigenvalue weighted by atomic mass is 9.99. The van der Waals surface area contributed by atoms with Crippen molar-refractivity contribution in [2.24, 2.45) is 0 Å². The molecule has 0 fully saturated rings. The van der Waals surface area contributed by atoms with Crippen molar-refractivity contribution in [3.63, 3.8) is 0 Å². The zero-order valence-electron chi connectivity index (χ0n) is 21.6. The number of fused-ring (bicyclic) bond motifs is 1. The van der Waals surface area contributed by atoms with E-state index < -0.39 is 0 Å². The average Bonchev–Trinajstić information content (AvgIpc) is 3.05. The van der Waals surface area contributed by atoms with Crippen molar-refractivity contribution < 1.29 is 0 Å². The van der Waals surface area contributed by atoms with E-state index in [0.717, 1.165) is 49.8 Å². The minimum atomic E-state index is 0.620. The van der Waals surface area contributed by atoms with Gasteiger partial charge in [-0.1, -0.05) is 127 Å². The molecule has 0 atom stereocenters. The molecule has 0 aliphatic heterocycles. The van der Waals surface area contributed by atoms with Gasteiger partial charge in [0.2, 0.25) is 0 Å². The second-order valence-corrected chi connectivity index (χ2v) is 9.58. The summed E-state index contributed by atoms with van der Waals surface area (Å²) >= 11 is 0. The first-order chi connectivity index (χ1) is 19.8. The largest absolute Gasteiger partial charge is 0.256 e. The molecule has 4 heteroatoms. The summed E-state index contributed by atoms with van der Waals surface area (Å²) in [5, 5.41) is 2.28.